The number of rotatable bonds is 7. The largest absolute Gasteiger partial charge is 0.445 e. The van der Waals surface area contributed by atoms with Crippen molar-refractivity contribution in [2.75, 3.05) is 0 Å². The molecule has 0 aliphatic rings. The normalized spacial score (nSPS) is 12.0. The number of alkyl carbamates (subject to hydrolysis) is 1. The molecule has 1 heterocycles. The predicted octanol–water partition coefficient (Wildman–Crippen LogP) is 3.53. The molecule has 0 spiro atoms. The number of hydrogen-bond donors (Lipinski definition) is 3. The Kier molecular flexibility index (Phi) is 6.32. The van der Waals surface area contributed by atoms with Crippen LogP contribution in [-0.4, -0.2) is 29.1 Å². The van der Waals surface area contributed by atoms with Crippen molar-refractivity contribution in [1.82, 2.24) is 15.6 Å². The van der Waals surface area contributed by atoms with Crippen LogP contribution in [0.15, 0.2) is 60.8 Å². The van der Waals surface area contributed by atoms with Gasteiger partial charge in [-0.15, -0.1) is 0 Å². The highest BCUT2D eigenvalue weighted by Crippen LogP contribution is 2.19. The quantitative estimate of drug-likeness (QED) is 0.587. The SMILES string of the molecule is CC(C)NC(=O)[C@H](Cc1c[nH]c2ccccc12)NC(=O)OCc1ccccc1. The van der Waals surface area contributed by atoms with Crippen molar-refractivity contribution in [2.24, 2.45) is 0 Å². The molecule has 146 valence electrons. The van der Waals surface area contributed by atoms with Crippen molar-refractivity contribution in [1.29, 1.82) is 0 Å². The van der Waals surface area contributed by atoms with Gasteiger partial charge in [-0.25, -0.2) is 4.79 Å². The first-order valence-electron chi connectivity index (χ1n) is 9.35. The maximum absolute atomic E-state index is 12.6. The minimum atomic E-state index is -0.732. The second kappa shape index (κ2) is 9.08. The summed E-state index contributed by atoms with van der Waals surface area (Å²) in [5.74, 6) is -0.239. The Labute approximate surface area is 164 Å². The highest BCUT2D eigenvalue weighted by atomic mass is 16.5. The molecule has 0 aliphatic carbocycles. The lowest BCUT2D eigenvalue weighted by Gasteiger charge is -2.19. The molecule has 6 heteroatoms. The van der Waals surface area contributed by atoms with Gasteiger partial charge >= 0.3 is 6.09 Å². The van der Waals surface area contributed by atoms with E-state index in [1.165, 1.54) is 0 Å². The lowest BCUT2D eigenvalue weighted by molar-refractivity contribution is -0.123. The zero-order chi connectivity index (χ0) is 19.9. The van der Waals surface area contributed by atoms with Gasteiger partial charge in [0.2, 0.25) is 5.91 Å². The van der Waals surface area contributed by atoms with Crippen LogP contribution in [0.25, 0.3) is 10.9 Å². The van der Waals surface area contributed by atoms with Crippen molar-refractivity contribution in [3.8, 4) is 0 Å². The van der Waals surface area contributed by atoms with Crippen LogP contribution in [-0.2, 0) is 22.6 Å². The van der Waals surface area contributed by atoms with Gasteiger partial charge in [0.1, 0.15) is 12.6 Å². The molecule has 2 aromatic carbocycles. The third-order valence-electron chi connectivity index (χ3n) is 4.35. The third-order valence-corrected chi connectivity index (χ3v) is 4.35. The van der Waals surface area contributed by atoms with Crippen molar-refractivity contribution in [2.45, 2.75) is 39.0 Å². The first-order chi connectivity index (χ1) is 13.5. The van der Waals surface area contributed by atoms with Gasteiger partial charge in [0, 0.05) is 29.6 Å². The summed E-state index contributed by atoms with van der Waals surface area (Å²) >= 11 is 0. The first-order valence-corrected chi connectivity index (χ1v) is 9.35. The maximum atomic E-state index is 12.6. The summed E-state index contributed by atoms with van der Waals surface area (Å²) in [6, 6.07) is 16.5. The second-order valence-electron chi connectivity index (χ2n) is 6.99. The number of hydrogen-bond acceptors (Lipinski definition) is 3. The lowest BCUT2D eigenvalue weighted by Crippen LogP contribution is -2.49. The van der Waals surface area contributed by atoms with Crippen LogP contribution in [0.1, 0.15) is 25.0 Å². The summed E-state index contributed by atoms with van der Waals surface area (Å²) in [6.07, 6.45) is 1.62. The fraction of sp³-hybridized carbons (Fsp3) is 0.273. The molecule has 0 radical (unpaired) electrons. The number of carbonyl (C=O) groups is 2. The molecule has 1 atom stereocenters. The number of ether oxygens (including phenoxy) is 1. The van der Waals surface area contributed by atoms with Crippen LogP contribution in [0, 0.1) is 0 Å². The lowest BCUT2D eigenvalue weighted by atomic mass is 10.0. The van der Waals surface area contributed by atoms with Crippen molar-refractivity contribution >= 4 is 22.9 Å². The fourth-order valence-electron chi connectivity index (χ4n) is 3.02. The van der Waals surface area contributed by atoms with E-state index in [9.17, 15) is 9.59 Å². The number of aromatic amines is 1. The monoisotopic (exact) mass is 379 g/mol. The number of benzene rings is 2. The van der Waals surface area contributed by atoms with Crippen LogP contribution in [0.3, 0.4) is 0 Å². The van der Waals surface area contributed by atoms with E-state index >= 15 is 0 Å². The van der Waals surface area contributed by atoms with Crippen LogP contribution in [0.4, 0.5) is 4.79 Å². The number of H-pyrrole nitrogens is 1. The molecule has 2 amide bonds. The molecule has 3 rings (SSSR count). The number of amides is 2. The molecular weight excluding hydrogens is 354 g/mol. The molecule has 3 aromatic rings. The van der Waals surface area contributed by atoms with Crippen LogP contribution in [0.2, 0.25) is 0 Å². The Morgan fingerprint density at radius 3 is 2.46 bits per heavy atom. The number of nitrogens with one attached hydrogen (secondary N) is 3. The molecular formula is C22H25N3O3. The van der Waals surface area contributed by atoms with E-state index in [4.69, 9.17) is 4.74 Å². The maximum Gasteiger partial charge on any atom is 0.408 e. The van der Waals surface area contributed by atoms with Gasteiger partial charge in [-0.1, -0.05) is 48.5 Å². The summed E-state index contributed by atoms with van der Waals surface area (Å²) in [5.41, 5.74) is 2.84. The van der Waals surface area contributed by atoms with Crippen molar-refractivity contribution in [3.63, 3.8) is 0 Å². The standard InChI is InChI=1S/C22H25N3O3/c1-15(2)24-21(26)20(12-17-13-23-19-11-7-6-10-18(17)19)25-22(27)28-14-16-8-4-3-5-9-16/h3-11,13,15,20,23H,12,14H2,1-2H3,(H,24,26)(H,25,27)/t20-/m0/s1. The van der Waals surface area contributed by atoms with E-state index in [1.807, 2.05) is 74.6 Å². The van der Waals surface area contributed by atoms with Crippen LogP contribution < -0.4 is 10.6 Å². The Morgan fingerprint density at radius 2 is 1.71 bits per heavy atom. The van der Waals surface area contributed by atoms with E-state index in [1.54, 1.807) is 0 Å². The zero-order valence-corrected chi connectivity index (χ0v) is 16.1. The van der Waals surface area contributed by atoms with Gasteiger partial charge in [0.15, 0.2) is 0 Å². The molecule has 0 bridgehead atoms. The van der Waals surface area contributed by atoms with E-state index in [-0.39, 0.29) is 18.6 Å². The molecule has 6 nitrogen and oxygen atoms in total. The third kappa shape index (κ3) is 5.13. The molecule has 1 aromatic heterocycles. The molecule has 0 fully saturated rings. The Balaban J connectivity index is 1.69. The summed E-state index contributed by atoms with van der Waals surface area (Å²) < 4.78 is 5.28. The minimum absolute atomic E-state index is 0.0277. The Morgan fingerprint density at radius 1 is 1.00 bits per heavy atom. The first kappa shape index (κ1) is 19.5. The highest BCUT2D eigenvalue weighted by Gasteiger charge is 2.23. The van der Waals surface area contributed by atoms with Gasteiger partial charge in [0.25, 0.3) is 0 Å². The average Bonchev–Trinajstić information content (AvgIpc) is 3.09. The summed E-state index contributed by atoms with van der Waals surface area (Å²) in [4.78, 5) is 28.1. The second-order valence-corrected chi connectivity index (χ2v) is 6.99. The molecule has 3 N–H and O–H groups in total. The molecule has 28 heavy (non-hydrogen) atoms. The van der Waals surface area contributed by atoms with E-state index in [0.29, 0.717) is 6.42 Å². The Hall–Kier alpha value is -3.28. The summed E-state index contributed by atoms with van der Waals surface area (Å²) in [5, 5.41) is 6.60. The Bertz CT molecular complexity index is 934. The smallest absolute Gasteiger partial charge is 0.408 e. The summed E-state index contributed by atoms with van der Waals surface area (Å²) in [6.45, 7) is 3.92. The van der Waals surface area contributed by atoms with Crippen LogP contribution in [0.5, 0.6) is 0 Å². The number of fused-ring (bicyclic) bond motifs is 1. The molecule has 0 saturated carbocycles. The predicted molar refractivity (Wildman–Crippen MR) is 109 cm³/mol. The van der Waals surface area contributed by atoms with Gasteiger partial charge in [0.05, 0.1) is 0 Å². The number of aromatic nitrogens is 1. The van der Waals surface area contributed by atoms with E-state index in [0.717, 1.165) is 22.0 Å². The van der Waals surface area contributed by atoms with Gasteiger partial charge in [-0.3, -0.25) is 4.79 Å². The van der Waals surface area contributed by atoms with E-state index < -0.39 is 12.1 Å². The van der Waals surface area contributed by atoms with Crippen molar-refractivity contribution in [3.05, 3.63) is 71.9 Å². The highest BCUT2D eigenvalue weighted by molar-refractivity contribution is 5.88. The van der Waals surface area contributed by atoms with Crippen LogP contribution >= 0.6 is 0 Å². The molecule has 0 aliphatic heterocycles. The minimum Gasteiger partial charge on any atom is -0.445 e. The molecule has 0 unspecified atom stereocenters. The average molecular weight is 379 g/mol. The topological polar surface area (TPSA) is 83.2 Å². The summed E-state index contributed by atoms with van der Waals surface area (Å²) in [7, 11) is 0. The van der Waals surface area contributed by atoms with E-state index in [2.05, 4.69) is 15.6 Å². The van der Waals surface area contributed by atoms with Gasteiger partial charge in [-0.2, -0.15) is 0 Å². The number of para-hydroxylation sites is 1. The number of carbonyl (C=O) groups excluding carboxylic acids is 2. The van der Waals surface area contributed by atoms with Gasteiger partial charge in [-0.05, 0) is 31.0 Å². The fourth-order valence-corrected chi connectivity index (χ4v) is 3.02. The van der Waals surface area contributed by atoms with Gasteiger partial charge < -0.3 is 20.4 Å². The van der Waals surface area contributed by atoms with Crippen molar-refractivity contribution < 1.29 is 14.3 Å². The zero-order valence-electron chi connectivity index (χ0n) is 16.1. The molecule has 0 saturated heterocycles.